The second kappa shape index (κ2) is 6.74. The molecule has 0 aliphatic rings. The van der Waals surface area contributed by atoms with E-state index >= 15 is 0 Å². The summed E-state index contributed by atoms with van der Waals surface area (Å²) in [6.07, 6.45) is 4.32. The van der Waals surface area contributed by atoms with Crippen LogP contribution < -0.4 is 4.74 Å². The van der Waals surface area contributed by atoms with Gasteiger partial charge in [0.25, 0.3) is 5.91 Å². The molecule has 3 rings (SSSR count). The Morgan fingerprint density at radius 2 is 2.00 bits per heavy atom. The average Bonchev–Trinajstić information content (AvgIpc) is 3.06. The Bertz CT molecular complexity index is 839. The number of methoxy groups -OCH3 is 1. The number of carbonyl (C=O) groups excluding carboxylic acids is 1. The minimum Gasteiger partial charge on any atom is -0.497 e. The summed E-state index contributed by atoms with van der Waals surface area (Å²) in [6, 6.07) is 13.5. The molecule has 1 atom stereocenters. The van der Waals surface area contributed by atoms with Gasteiger partial charge in [-0.25, -0.2) is 4.98 Å². The molecule has 0 saturated carbocycles. The van der Waals surface area contributed by atoms with Gasteiger partial charge in [-0.3, -0.25) is 9.20 Å². The molecule has 2 aromatic heterocycles. The minimum absolute atomic E-state index is 0.00216. The summed E-state index contributed by atoms with van der Waals surface area (Å²) in [4.78, 5) is 19.0. The molecule has 0 fully saturated rings. The van der Waals surface area contributed by atoms with Crippen LogP contribution in [0.4, 0.5) is 0 Å². The first-order valence-electron chi connectivity index (χ1n) is 7.99. The lowest BCUT2D eigenvalue weighted by molar-refractivity contribution is 0.0719. The number of imidazole rings is 1. The molecule has 0 saturated heterocycles. The molecule has 0 N–H and O–H groups in total. The van der Waals surface area contributed by atoms with Crippen molar-refractivity contribution < 1.29 is 9.53 Å². The van der Waals surface area contributed by atoms with Crippen molar-refractivity contribution in [1.82, 2.24) is 14.3 Å². The fourth-order valence-corrected chi connectivity index (χ4v) is 2.97. The van der Waals surface area contributed by atoms with Crippen LogP contribution in [0.2, 0.25) is 0 Å². The first-order valence-corrected chi connectivity index (χ1v) is 7.99. The van der Waals surface area contributed by atoms with E-state index in [9.17, 15) is 4.79 Å². The number of amides is 1. The second-order valence-corrected chi connectivity index (χ2v) is 5.69. The Labute approximate surface area is 141 Å². The van der Waals surface area contributed by atoms with Gasteiger partial charge in [-0.1, -0.05) is 25.1 Å². The van der Waals surface area contributed by atoms with E-state index < -0.39 is 0 Å². The Kier molecular flexibility index (Phi) is 4.51. The van der Waals surface area contributed by atoms with Crippen molar-refractivity contribution in [2.45, 2.75) is 19.4 Å². The first-order chi connectivity index (χ1) is 11.7. The number of hydrogen-bond acceptors (Lipinski definition) is 3. The summed E-state index contributed by atoms with van der Waals surface area (Å²) in [6.45, 7) is 2.08. The van der Waals surface area contributed by atoms with Crippen LogP contribution in [0.3, 0.4) is 0 Å². The molecule has 0 aliphatic heterocycles. The van der Waals surface area contributed by atoms with Crippen molar-refractivity contribution in [3.63, 3.8) is 0 Å². The lowest BCUT2D eigenvalue weighted by Crippen LogP contribution is -2.31. The number of nitrogens with zero attached hydrogens (tertiary/aromatic N) is 3. The molecular weight excluding hydrogens is 302 g/mol. The number of hydrogen-bond donors (Lipinski definition) is 0. The minimum atomic E-state index is -0.0450. The van der Waals surface area contributed by atoms with E-state index in [1.54, 1.807) is 18.2 Å². The summed E-state index contributed by atoms with van der Waals surface area (Å²) in [5, 5.41) is 0. The van der Waals surface area contributed by atoms with Crippen LogP contribution in [-0.4, -0.2) is 34.3 Å². The molecule has 5 heteroatoms. The van der Waals surface area contributed by atoms with Crippen molar-refractivity contribution in [3.8, 4) is 5.75 Å². The lowest BCUT2D eigenvalue weighted by Gasteiger charge is -2.27. The second-order valence-electron chi connectivity index (χ2n) is 5.69. The first kappa shape index (κ1) is 16.1. The van der Waals surface area contributed by atoms with E-state index in [2.05, 4.69) is 11.9 Å². The predicted molar refractivity (Wildman–Crippen MR) is 93.3 cm³/mol. The van der Waals surface area contributed by atoms with Crippen molar-refractivity contribution in [2.24, 2.45) is 0 Å². The van der Waals surface area contributed by atoms with Gasteiger partial charge in [0.1, 0.15) is 17.1 Å². The standard InChI is InChI=1S/C19H21N3O2/c1-4-16(14-8-10-15(24-3)11-9-14)21(2)19(23)17-13-20-18-7-5-6-12-22(17)18/h5-13,16H,4H2,1-3H3/t16-/m1/s1. The van der Waals surface area contributed by atoms with E-state index in [-0.39, 0.29) is 11.9 Å². The van der Waals surface area contributed by atoms with Gasteiger partial charge in [-0.05, 0) is 36.2 Å². The zero-order valence-corrected chi connectivity index (χ0v) is 14.1. The van der Waals surface area contributed by atoms with Gasteiger partial charge >= 0.3 is 0 Å². The summed E-state index contributed by atoms with van der Waals surface area (Å²) in [5.74, 6) is 0.765. The van der Waals surface area contributed by atoms with Crippen LogP contribution >= 0.6 is 0 Å². The van der Waals surface area contributed by atoms with Gasteiger partial charge in [0, 0.05) is 13.2 Å². The summed E-state index contributed by atoms with van der Waals surface area (Å²) in [7, 11) is 3.48. The number of aromatic nitrogens is 2. The van der Waals surface area contributed by atoms with E-state index in [1.165, 1.54) is 0 Å². The molecular formula is C19H21N3O2. The maximum atomic E-state index is 13.0. The molecule has 124 valence electrons. The van der Waals surface area contributed by atoms with Gasteiger partial charge in [-0.15, -0.1) is 0 Å². The molecule has 1 aromatic carbocycles. The van der Waals surface area contributed by atoms with Crippen molar-refractivity contribution in [2.75, 3.05) is 14.2 Å². The Morgan fingerprint density at radius 3 is 2.67 bits per heavy atom. The lowest BCUT2D eigenvalue weighted by atomic mass is 10.0. The van der Waals surface area contributed by atoms with Crippen LogP contribution in [-0.2, 0) is 0 Å². The summed E-state index contributed by atoms with van der Waals surface area (Å²) in [5.41, 5.74) is 2.43. The number of pyridine rings is 1. The Balaban J connectivity index is 1.90. The highest BCUT2D eigenvalue weighted by Gasteiger charge is 2.23. The Morgan fingerprint density at radius 1 is 1.25 bits per heavy atom. The predicted octanol–water partition coefficient (Wildman–Crippen LogP) is 3.57. The quantitative estimate of drug-likeness (QED) is 0.721. The van der Waals surface area contributed by atoms with Crippen LogP contribution in [0.5, 0.6) is 5.75 Å². The summed E-state index contributed by atoms with van der Waals surface area (Å²) < 4.78 is 7.02. The highest BCUT2D eigenvalue weighted by atomic mass is 16.5. The van der Waals surface area contributed by atoms with Crippen LogP contribution in [0, 0.1) is 0 Å². The number of rotatable bonds is 5. The molecule has 0 aliphatic carbocycles. The number of fused-ring (bicyclic) bond motifs is 1. The van der Waals surface area contributed by atoms with Gasteiger partial charge < -0.3 is 9.64 Å². The van der Waals surface area contributed by atoms with E-state index in [4.69, 9.17) is 4.74 Å². The number of benzene rings is 1. The Hall–Kier alpha value is -2.82. The molecule has 0 radical (unpaired) electrons. The highest BCUT2D eigenvalue weighted by Crippen LogP contribution is 2.26. The maximum absolute atomic E-state index is 13.0. The number of carbonyl (C=O) groups is 1. The molecule has 2 heterocycles. The van der Waals surface area contributed by atoms with Gasteiger partial charge in [-0.2, -0.15) is 0 Å². The van der Waals surface area contributed by atoms with Crippen LogP contribution in [0.1, 0.15) is 35.4 Å². The van der Waals surface area contributed by atoms with E-state index in [0.29, 0.717) is 5.69 Å². The molecule has 0 bridgehead atoms. The maximum Gasteiger partial charge on any atom is 0.272 e. The molecule has 3 aromatic rings. The van der Waals surface area contributed by atoms with Crippen molar-refractivity contribution in [1.29, 1.82) is 0 Å². The number of ether oxygens (including phenoxy) is 1. The fourth-order valence-electron chi connectivity index (χ4n) is 2.97. The zero-order valence-electron chi connectivity index (χ0n) is 14.1. The topological polar surface area (TPSA) is 46.8 Å². The van der Waals surface area contributed by atoms with Gasteiger partial charge in [0.15, 0.2) is 0 Å². The molecule has 24 heavy (non-hydrogen) atoms. The fraction of sp³-hybridized carbons (Fsp3) is 0.263. The molecule has 0 spiro atoms. The van der Waals surface area contributed by atoms with Gasteiger partial charge in [0.2, 0.25) is 0 Å². The van der Waals surface area contributed by atoms with Crippen molar-refractivity contribution in [3.05, 3.63) is 66.1 Å². The molecule has 1 amide bonds. The average molecular weight is 323 g/mol. The smallest absolute Gasteiger partial charge is 0.272 e. The zero-order chi connectivity index (χ0) is 17.1. The molecule has 0 unspecified atom stereocenters. The van der Waals surface area contributed by atoms with E-state index in [1.807, 2.05) is 60.1 Å². The van der Waals surface area contributed by atoms with Crippen LogP contribution in [0.15, 0.2) is 54.9 Å². The monoisotopic (exact) mass is 323 g/mol. The largest absolute Gasteiger partial charge is 0.497 e. The van der Waals surface area contributed by atoms with Crippen LogP contribution in [0.25, 0.3) is 5.65 Å². The van der Waals surface area contributed by atoms with E-state index in [0.717, 1.165) is 23.4 Å². The third-order valence-corrected chi connectivity index (χ3v) is 4.31. The SMILES string of the molecule is CC[C@H](c1ccc(OC)cc1)N(C)C(=O)c1cnc2ccccn12. The highest BCUT2D eigenvalue weighted by molar-refractivity contribution is 5.93. The van der Waals surface area contributed by atoms with Gasteiger partial charge in [0.05, 0.1) is 19.3 Å². The third kappa shape index (κ3) is 2.85. The summed E-state index contributed by atoms with van der Waals surface area (Å²) >= 11 is 0. The third-order valence-electron chi connectivity index (χ3n) is 4.31. The normalized spacial score (nSPS) is 12.1. The molecule has 5 nitrogen and oxygen atoms in total. The van der Waals surface area contributed by atoms with Crippen molar-refractivity contribution >= 4 is 11.6 Å².